The molecule has 0 heterocycles. The van der Waals surface area contributed by atoms with E-state index in [1.54, 1.807) is 0 Å². The van der Waals surface area contributed by atoms with Crippen molar-refractivity contribution in [2.45, 2.75) is 143 Å². The third-order valence-electron chi connectivity index (χ3n) is 4.64. The lowest BCUT2D eigenvalue weighted by Gasteiger charge is -2.39. The van der Waals surface area contributed by atoms with Crippen LogP contribution in [0.5, 0.6) is 0 Å². The Labute approximate surface area is 158 Å². The zero-order chi connectivity index (χ0) is 19.6. The van der Waals surface area contributed by atoms with Crippen LogP contribution in [-0.4, -0.2) is 23.3 Å². The highest BCUT2D eigenvalue weighted by atomic mass is 16.9. The molecule has 3 nitrogen and oxygen atoms in total. The highest BCUT2D eigenvalue weighted by molar-refractivity contribution is 4.74. The SMILES string of the molecule is CCCCC(C)(C)OC(OC(C)(C)CCCC)OC(C)(C)CCCC. The molecule has 0 rings (SSSR count). The predicted octanol–water partition coefficient (Wildman–Crippen LogP) is 7.23. The molecule has 0 aliphatic carbocycles. The molecule has 0 N–H and O–H groups in total. The second-order valence-electron chi connectivity index (χ2n) is 9.23. The Bertz CT molecular complexity index is 282. The van der Waals surface area contributed by atoms with E-state index in [0.717, 1.165) is 38.5 Å². The summed E-state index contributed by atoms with van der Waals surface area (Å²) >= 11 is 0. The van der Waals surface area contributed by atoms with Gasteiger partial charge in [-0.15, -0.1) is 0 Å². The van der Waals surface area contributed by atoms with Crippen LogP contribution >= 0.6 is 0 Å². The molecule has 152 valence electrons. The first-order valence-electron chi connectivity index (χ1n) is 10.5. The molecule has 3 heteroatoms. The van der Waals surface area contributed by atoms with Crippen LogP contribution in [0.2, 0.25) is 0 Å². The van der Waals surface area contributed by atoms with Gasteiger partial charge in [0.2, 0.25) is 0 Å². The fraction of sp³-hybridized carbons (Fsp3) is 1.00. The fourth-order valence-corrected chi connectivity index (χ4v) is 2.84. The number of hydrogen-bond acceptors (Lipinski definition) is 3. The monoisotopic (exact) mass is 358 g/mol. The van der Waals surface area contributed by atoms with Crippen LogP contribution in [0.3, 0.4) is 0 Å². The molecule has 0 spiro atoms. The lowest BCUT2D eigenvalue weighted by Crippen LogP contribution is -2.43. The van der Waals surface area contributed by atoms with Crippen molar-refractivity contribution in [1.82, 2.24) is 0 Å². The molecule has 0 saturated carbocycles. The van der Waals surface area contributed by atoms with Gasteiger partial charge < -0.3 is 14.2 Å². The molecule has 0 fully saturated rings. The summed E-state index contributed by atoms with van der Waals surface area (Å²) in [5.41, 5.74) is -0.743. The molecule has 0 aromatic heterocycles. The Hall–Kier alpha value is -0.120. The standard InChI is InChI=1S/C22H46O3/c1-10-13-16-20(4,5)23-19(24-21(6,7)17-14-11-2)25-22(8,9)18-15-12-3/h19H,10-18H2,1-9H3. The van der Waals surface area contributed by atoms with Crippen LogP contribution in [0, 0.1) is 0 Å². The minimum Gasteiger partial charge on any atom is -0.324 e. The van der Waals surface area contributed by atoms with Gasteiger partial charge in [-0.1, -0.05) is 59.3 Å². The molecule has 0 atom stereocenters. The highest BCUT2D eigenvalue weighted by Gasteiger charge is 2.33. The van der Waals surface area contributed by atoms with Gasteiger partial charge in [0.15, 0.2) is 0 Å². The summed E-state index contributed by atoms with van der Waals surface area (Å²) in [6.45, 7) is 18.8. The Balaban J connectivity index is 5.03. The van der Waals surface area contributed by atoms with E-state index in [4.69, 9.17) is 14.2 Å². The maximum atomic E-state index is 6.33. The summed E-state index contributed by atoms with van der Waals surface area (Å²) < 4.78 is 19.0. The first kappa shape index (κ1) is 24.9. The molecular weight excluding hydrogens is 312 g/mol. The van der Waals surface area contributed by atoms with Crippen molar-refractivity contribution < 1.29 is 14.2 Å². The van der Waals surface area contributed by atoms with Crippen LogP contribution in [0.25, 0.3) is 0 Å². The fourth-order valence-electron chi connectivity index (χ4n) is 2.84. The second kappa shape index (κ2) is 11.6. The zero-order valence-corrected chi connectivity index (χ0v) is 18.7. The minimum atomic E-state index is -0.620. The summed E-state index contributed by atoms with van der Waals surface area (Å²) in [5, 5.41) is 0. The smallest absolute Gasteiger partial charge is 0.273 e. The Kier molecular flexibility index (Phi) is 11.5. The molecule has 0 aromatic rings. The molecular formula is C22H46O3. The molecule has 0 bridgehead atoms. The van der Waals surface area contributed by atoms with Gasteiger partial charge in [-0.3, -0.25) is 0 Å². The molecule has 0 aliphatic heterocycles. The molecule has 0 aliphatic rings. The van der Waals surface area contributed by atoms with E-state index in [1.165, 1.54) is 19.3 Å². The van der Waals surface area contributed by atoms with Crippen molar-refractivity contribution in [3.63, 3.8) is 0 Å². The molecule has 0 aromatic carbocycles. The highest BCUT2D eigenvalue weighted by Crippen LogP contribution is 2.30. The maximum Gasteiger partial charge on any atom is 0.273 e. The summed E-state index contributed by atoms with van der Waals surface area (Å²) in [7, 11) is 0. The first-order valence-corrected chi connectivity index (χ1v) is 10.5. The number of rotatable bonds is 15. The third kappa shape index (κ3) is 12.8. The predicted molar refractivity (Wildman–Crippen MR) is 108 cm³/mol. The minimum absolute atomic E-state index is 0.248. The van der Waals surface area contributed by atoms with Crippen molar-refractivity contribution in [3.8, 4) is 0 Å². The van der Waals surface area contributed by atoms with Crippen LogP contribution in [0.4, 0.5) is 0 Å². The molecule has 0 amide bonds. The summed E-state index contributed by atoms with van der Waals surface area (Å²) in [5.74, 6) is 0. The Morgan fingerprint density at radius 3 is 0.960 bits per heavy atom. The zero-order valence-electron chi connectivity index (χ0n) is 18.7. The molecule has 25 heavy (non-hydrogen) atoms. The lowest BCUT2D eigenvalue weighted by atomic mass is 10.0. The number of unbranched alkanes of at least 4 members (excludes halogenated alkanes) is 3. The Morgan fingerprint density at radius 1 is 0.520 bits per heavy atom. The second-order valence-corrected chi connectivity index (χ2v) is 9.23. The van der Waals surface area contributed by atoms with Gasteiger partial charge >= 0.3 is 0 Å². The average Bonchev–Trinajstić information content (AvgIpc) is 2.47. The van der Waals surface area contributed by atoms with E-state index in [9.17, 15) is 0 Å². The first-order chi connectivity index (χ1) is 11.5. The molecule has 0 saturated heterocycles. The van der Waals surface area contributed by atoms with Gasteiger partial charge in [-0.2, -0.15) is 0 Å². The van der Waals surface area contributed by atoms with E-state index in [0.29, 0.717) is 0 Å². The van der Waals surface area contributed by atoms with Crippen LogP contribution < -0.4 is 0 Å². The van der Waals surface area contributed by atoms with E-state index in [-0.39, 0.29) is 16.8 Å². The van der Waals surface area contributed by atoms with Crippen molar-refractivity contribution in [3.05, 3.63) is 0 Å². The van der Waals surface area contributed by atoms with Gasteiger partial charge in [0.25, 0.3) is 6.48 Å². The van der Waals surface area contributed by atoms with Crippen LogP contribution in [-0.2, 0) is 14.2 Å². The van der Waals surface area contributed by atoms with Gasteiger partial charge in [0.1, 0.15) is 0 Å². The van der Waals surface area contributed by atoms with Gasteiger partial charge in [0.05, 0.1) is 16.8 Å². The van der Waals surface area contributed by atoms with Crippen LogP contribution in [0.15, 0.2) is 0 Å². The van der Waals surface area contributed by atoms with Gasteiger partial charge in [-0.05, 0) is 60.8 Å². The van der Waals surface area contributed by atoms with E-state index in [2.05, 4.69) is 62.3 Å². The average molecular weight is 359 g/mol. The number of hydrogen-bond donors (Lipinski definition) is 0. The lowest BCUT2D eigenvalue weighted by molar-refractivity contribution is -0.376. The Morgan fingerprint density at radius 2 is 0.760 bits per heavy atom. The summed E-state index contributed by atoms with van der Waals surface area (Å²) in [6, 6.07) is 0. The molecule has 0 unspecified atom stereocenters. The maximum absolute atomic E-state index is 6.33. The third-order valence-corrected chi connectivity index (χ3v) is 4.64. The normalized spacial score (nSPS) is 13.7. The molecule has 0 radical (unpaired) electrons. The van der Waals surface area contributed by atoms with E-state index < -0.39 is 6.48 Å². The van der Waals surface area contributed by atoms with Gasteiger partial charge in [-0.25, -0.2) is 0 Å². The van der Waals surface area contributed by atoms with Crippen molar-refractivity contribution in [2.75, 3.05) is 0 Å². The van der Waals surface area contributed by atoms with E-state index >= 15 is 0 Å². The van der Waals surface area contributed by atoms with Crippen molar-refractivity contribution in [1.29, 1.82) is 0 Å². The summed E-state index contributed by atoms with van der Waals surface area (Å²) in [6.07, 6.45) is 10.00. The van der Waals surface area contributed by atoms with Crippen LogP contribution in [0.1, 0.15) is 120 Å². The topological polar surface area (TPSA) is 27.7 Å². The summed E-state index contributed by atoms with van der Waals surface area (Å²) in [4.78, 5) is 0. The van der Waals surface area contributed by atoms with Crippen molar-refractivity contribution >= 4 is 0 Å². The quantitative estimate of drug-likeness (QED) is 0.289. The van der Waals surface area contributed by atoms with E-state index in [1.807, 2.05) is 0 Å². The van der Waals surface area contributed by atoms with Gasteiger partial charge in [0, 0.05) is 0 Å². The number of ether oxygens (including phenoxy) is 3. The van der Waals surface area contributed by atoms with Crippen molar-refractivity contribution in [2.24, 2.45) is 0 Å². The largest absolute Gasteiger partial charge is 0.324 e.